The van der Waals surface area contributed by atoms with E-state index in [1.807, 2.05) is 22.6 Å². The summed E-state index contributed by atoms with van der Waals surface area (Å²) in [4.78, 5) is 20.9. The molecule has 0 atom stereocenters. The second-order valence-electron chi connectivity index (χ2n) is 4.38. The van der Waals surface area contributed by atoms with Crippen LogP contribution in [0.4, 0.5) is 15.8 Å². The number of nitrogens with zero attached hydrogens (tertiary/aromatic N) is 1. The lowest BCUT2D eigenvalue weighted by Gasteiger charge is -2.12. The Morgan fingerprint density at radius 2 is 2.17 bits per heavy atom. The van der Waals surface area contributed by atoms with Crippen molar-refractivity contribution in [1.82, 2.24) is 10.5 Å². The molecule has 0 bridgehead atoms. The van der Waals surface area contributed by atoms with Crippen molar-refractivity contribution in [3.8, 4) is 0 Å². The van der Waals surface area contributed by atoms with E-state index in [1.165, 1.54) is 24.5 Å². The van der Waals surface area contributed by atoms with Crippen LogP contribution in [0.15, 0.2) is 36.7 Å². The van der Waals surface area contributed by atoms with Crippen molar-refractivity contribution < 1.29 is 18.8 Å². The predicted octanol–water partition coefficient (Wildman–Crippen LogP) is 3.55. The Morgan fingerprint density at radius 3 is 2.88 bits per heavy atom. The van der Waals surface area contributed by atoms with Gasteiger partial charge in [0.1, 0.15) is 5.82 Å². The SMILES string of the molecule is CCOC(=S)NOC(=O)c1ccncc1Nc1ccc(I)cc1F. The molecule has 0 aliphatic heterocycles. The maximum Gasteiger partial charge on any atom is 0.365 e. The van der Waals surface area contributed by atoms with Crippen molar-refractivity contribution in [3.05, 3.63) is 51.6 Å². The maximum atomic E-state index is 14.0. The molecule has 9 heteroatoms. The monoisotopic (exact) mass is 461 g/mol. The zero-order valence-corrected chi connectivity index (χ0v) is 15.5. The molecule has 1 aromatic heterocycles. The summed E-state index contributed by atoms with van der Waals surface area (Å²) in [5.41, 5.74) is 2.91. The molecule has 0 saturated carbocycles. The molecule has 6 nitrogen and oxygen atoms in total. The smallest absolute Gasteiger partial charge is 0.365 e. The van der Waals surface area contributed by atoms with Gasteiger partial charge in [0, 0.05) is 9.77 Å². The fourth-order valence-corrected chi connectivity index (χ4v) is 2.32. The number of anilines is 2. The summed E-state index contributed by atoms with van der Waals surface area (Å²) in [6.07, 6.45) is 2.82. The van der Waals surface area contributed by atoms with Gasteiger partial charge in [0.2, 0.25) is 0 Å². The molecule has 2 N–H and O–H groups in total. The Morgan fingerprint density at radius 1 is 1.38 bits per heavy atom. The number of benzene rings is 1. The first-order chi connectivity index (χ1) is 11.5. The lowest BCUT2D eigenvalue weighted by Crippen LogP contribution is -2.27. The number of rotatable bonds is 4. The van der Waals surface area contributed by atoms with E-state index in [1.54, 1.807) is 19.1 Å². The largest absolute Gasteiger partial charge is 0.469 e. The molecule has 24 heavy (non-hydrogen) atoms. The van der Waals surface area contributed by atoms with Crippen molar-refractivity contribution >= 4 is 57.3 Å². The summed E-state index contributed by atoms with van der Waals surface area (Å²) in [7, 11) is 0. The molecule has 2 aromatic rings. The van der Waals surface area contributed by atoms with Gasteiger partial charge in [0.05, 0.1) is 29.7 Å². The van der Waals surface area contributed by atoms with E-state index in [4.69, 9.17) is 21.8 Å². The lowest BCUT2D eigenvalue weighted by molar-refractivity contribution is 0.0347. The van der Waals surface area contributed by atoms with Gasteiger partial charge in [-0.25, -0.2) is 9.18 Å². The molecule has 126 valence electrons. The number of nitrogens with one attached hydrogen (secondary N) is 2. The van der Waals surface area contributed by atoms with Gasteiger partial charge in [0.25, 0.3) is 5.17 Å². The first-order valence-electron chi connectivity index (χ1n) is 6.81. The van der Waals surface area contributed by atoms with Crippen LogP contribution in [-0.4, -0.2) is 22.7 Å². The van der Waals surface area contributed by atoms with Crippen LogP contribution in [0.25, 0.3) is 0 Å². The third-order valence-electron chi connectivity index (χ3n) is 2.74. The minimum atomic E-state index is -0.715. The topological polar surface area (TPSA) is 72.5 Å². The maximum absolute atomic E-state index is 14.0. The second-order valence-corrected chi connectivity index (χ2v) is 6.00. The Bertz CT molecular complexity index is 760. The summed E-state index contributed by atoms with van der Waals surface area (Å²) >= 11 is 6.81. The van der Waals surface area contributed by atoms with Crippen LogP contribution in [0.2, 0.25) is 0 Å². The molecule has 0 amide bonds. The molecule has 1 heterocycles. The molecule has 1 aromatic carbocycles. The minimum Gasteiger partial charge on any atom is -0.469 e. The van der Waals surface area contributed by atoms with Crippen LogP contribution in [0, 0.1) is 9.39 Å². The number of pyridine rings is 1. The van der Waals surface area contributed by atoms with E-state index in [0.29, 0.717) is 12.3 Å². The minimum absolute atomic E-state index is 0.0573. The molecule has 0 fully saturated rings. The third-order valence-corrected chi connectivity index (χ3v) is 3.62. The molecule has 2 rings (SSSR count). The summed E-state index contributed by atoms with van der Waals surface area (Å²) in [5, 5.41) is 2.77. The van der Waals surface area contributed by atoms with Gasteiger partial charge >= 0.3 is 5.97 Å². The molecule has 0 saturated heterocycles. The number of hydrogen-bond donors (Lipinski definition) is 2. The van der Waals surface area contributed by atoms with Crippen LogP contribution in [0.3, 0.4) is 0 Å². The van der Waals surface area contributed by atoms with E-state index >= 15 is 0 Å². The fourth-order valence-electron chi connectivity index (χ4n) is 1.71. The Balaban J connectivity index is 2.14. The number of ether oxygens (including phenoxy) is 1. The number of carbonyl (C=O) groups excluding carboxylic acids is 1. The van der Waals surface area contributed by atoms with Crippen LogP contribution in [0.1, 0.15) is 17.3 Å². The number of carbonyl (C=O) groups is 1. The van der Waals surface area contributed by atoms with E-state index in [2.05, 4.69) is 15.8 Å². The van der Waals surface area contributed by atoms with Crippen LogP contribution in [-0.2, 0) is 9.57 Å². The number of hydroxylamine groups is 1. The highest BCUT2D eigenvalue weighted by molar-refractivity contribution is 14.1. The molecule has 0 radical (unpaired) electrons. The van der Waals surface area contributed by atoms with Crippen LogP contribution >= 0.6 is 34.8 Å². The summed E-state index contributed by atoms with van der Waals surface area (Å²) in [6.45, 7) is 2.09. The van der Waals surface area contributed by atoms with Crippen molar-refractivity contribution in [2.45, 2.75) is 6.92 Å². The molecular weight excluding hydrogens is 448 g/mol. The van der Waals surface area contributed by atoms with Crippen molar-refractivity contribution in [2.75, 3.05) is 11.9 Å². The molecular formula is C15H13FIN3O3S. The molecule has 0 unspecified atom stereocenters. The van der Waals surface area contributed by atoms with Gasteiger partial charge in [-0.3, -0.25) is 4.98 Å². The normalized spacial score (nSPS) is 9.96. The number of hydrogen-bond acceptors (Lipinski definition) is 6. The summed E-state index contributed by atoms with van der Waals surface area (Å²) in [6, 6.07) is 6.13. The van der Waals surface area contributed by atoms with Crippen molar-refractivity contribution in [3.63, 3.8) is 0 Å². The molecule has 0 spiro atoms. The zero-order chi connectivity index (χ0) is 17.5. The highest BCUT2D eigenvalue weighted by atomic mass is 127. The van der Waals surface area contributed by atoms with E-state index < -0.39 is 11.8 Å². The Labute approximate surface area is 156 Å². The first-order valence-corrected chi connectivity index (χ1v) is 8.30. The van der Waals surface area contributed by atoms with E-state index in [0.717, 1.165) is 3.57 Å². The summed E-state index contributed by atoms with van der Waals surface area (Å²) < 4.78 is 19.7. The highest BCUT2D eigenvalue weighted by Gasteiger charge is 2.15. The van der Waals surface area contributed by atoms with Gasteiger partial charge in [-0.2, -0.15) is 5.48 Å². The van der Waals surface area contributed by atoms with Gasteiger partial charge in [-0.05, 0) is 66.0 Å². The molecule has 0 aliphatic rings. The lowest BCUT2D eigenvalue weighted by atomic mass is 10.2. The Hall–Kier alpha value is -2.01. The first kappa shape index (κ1) is 18.3. The quantitative estimate of drug-likeness (QED) is 0.410. The number of thiocarbonyl (C=S) groups is 1. The average molecular weight is 461 g/mol. The molecule has 0 aliphatic carbocycles. The summed E-state index contributed by atoms with van der Waals surface area (Å²) in [5.74, 6) is -1.16. The fraction of sp³-hybridized carbons (Fsp3) is 0.133. The second kappa shape index (κ2) is 8.73. The number of aromatic nitrogens is 1. The third kappa shape index (κ3) is 4.99. The zero-order valence-electron chi connectivity index (χ0n) is 12.5. The van der Waals surface area contributed by atoms with Gasteiger partial charge in [-0.1, -0.05) is 0 Å². The Kier molecular flexibility index (Phi) is 6.67. The van der Waals surface area contributed by atoms with Gasteiger partial charge in [0.15, 0.2) is 0 Å². The van der Waals surface area contributed by atoms with Crippen molar-refractivity contribution in [2.24, 2.45) is 0 Å². The predicted molar refractivity (Wildman–Crippen MR) is 99.4 cm³/mol. The van der Waals surface area contributed by atoms with Gasteiger partial charge in [-0.15, -0.1) is 0 Å². The highest BCUT2D eigenvalue weighted by Crippen LogP contribution is 2.24. The van der Waals surface area contributed by atoms with Gasteiger partial charge < -0.3 is 14.9 Å². The standard InChI is InChI=1S/C15H13FIN3O3S/c1-2-22-15(24)20-23-14(21)10-5-6-18-8-13(10)19-12-4-3-9(17)7-11(12)16/h3-8,19H,2H2,1H3,(H,20,24). The number of halogens is 2. The van der Waals surface area contributed by atoms with Crippen LogP contribution in [0.5, 0.6) is 0 Å². The average Bonchev–Trinajstić information content (AvgIpc) is 2.56. The van der Waals surface area contributed by atoms with Crippen molar-refractivity contribution in [1.29, 1.82) is 0 Å². The van der Waals surface area contributed by atoms with E-state index in [9.17, 15) is 9.18 Å². The van der Waals surface area contributed by atoms with Crippen LogP contribution < -0.4 is 10.8 Å². The van der Waals surface area contributed by atoms with E-state index in [-0.39, 0.29) is 16.4 Å².